The molecule has 0 fully saturated rings. The van der Waals surface area contributed by atoms with Gasteiger partial charge in [-0.2, -0.15) is 0 Å². The second-order valence-corrected chi connectivity index (χ2v) is 4.36. The highest BCUT2D eigenvalue weighted by atomic mass is 15.2. The normalized spacial score (nSPS) is 12.1. The molecule has 0 amide bonds. The van der Waals surface area contributed by atoms with Gasteiger partial charge in [0.2, 0.25) is 0 Å². The first-order valence-electron chi connectivity index (χ1n) is 5.01. The van der Waals surface area contributed by atoms with Gasteiger partial charge in [-0.05, 0) is 26.5 Å². The Balaban J connectivity index is 2.62. The summed E-state index contributed by atoms with van der Waals surface area (Å²) in [5.41, 5.74) is 7.11. The molecular weight excluding hydrogens is 172 g/mol. The molecule has 1 rings (SSSR count). The van der Waals surface area contributed by atoms with Crippen molar-refractivity contribution in [2.75, 3.05) is 13.6 Å². The lowest BCUT2D eigenvalue weighted by molar-refractivity contribution is 0.156. The average Bonchev–Trinajstić information content (AvgIpc) is 2.19. The average molecular weight is 192 g/mol. The van der Waals surface area contributed by atoms with Gasteiger partial charge in [-0.15, -0.1) is 0 Å². The lowest BCUT2D eigenvalue weighted by Gasteiger charge is -2.34. The molecule has 0 saturated carbocycles. The van der Waals surface area contributed by atoms with Crippen LogP contribution < -0.4 is 5.73 Å². The molecule has 0 bridgehead atoms. The molecule has 0 atom stereocenters. The molecule has 78 valence electrons. The minimum atomic E-state index is 0.0653. The van der Waals surface area contributed by atoms with Gasteiger partial charge in [-0.1, -0.05) is 30.3 Å². The van der Waals surface area contributed by atoms with Gasteiger partial charge >= 0.3 is 0 Å². The third-order valence-corrected chi connectivity index (χ3v) is 2.80. The van der Waals surface area contributed by atoms with Crippen molar-refractivity contribution in [1.29, 1.82) is 0 Å². The topological polar surface area (TPSA) is 29.3 Å². The molecule has 0 aromatic heterocycles. The fraction of sp³-hybridized carbons (Fsp3) is 0.500. The highest BCUT2D eigenvalue weighted by Gasteiger charge is 2.20. The summed E-state index contributed by atoms with van der Waals surface area (Å²) in [6, 6.07) is 10.5. The molecule has 0 heterocycles. The highest BCUT2D eigenvalue weighted by Crippen LogP contribution is 2.13. The van der Waals surface area contributed by atoms with Crippen LogP contribution in [0.5, 0.6) is 0 Å². The summed E-state index contributed by atoms with van der Waals surface area (Å²) in [4.78, 5) is 2.28. The molecule has 0 saturated heterocycles. The van der Waals surface area contributed by atoms with Crippen LogP contribution in [0, 0.1) is 0 Å². The third-order valence-electron chi connectivity index (χ3n) is 2.80. The SMILES string of the molecule is CN(Cc1ccccc1)C(C)(C)CN. The van der Waals surface area contributed by atoms with Crippen LogP contribution in [0.25, 0.3) is 0 Å². The Bertz CT molecular complexity index is 267. The minimum absolute atomic E-state index is 0.0653. The van der Waals surface area contributed by atoms with E-state index in [1.54, 1.807) is 0 Å². The van der Waals surface area contributed by atoms with Crippen molar-refractivity contribution >= 4 is 0 Å². The summed E-state index contributed by atoms with van der Waals surface area (Å²) in [5.74, 6) is 0. The van der Waals surface area contributed by atoms with Crippen LogP contribution >= 0.6 is 0 Å². The van der Waals surface area contributed by atoms with Gasteiger partial charge in [0.05, 0.1) is 0 Å². The Morgan fingerprint density at radius 3 is 2.29 bits per heavy atom. The summed E-state index contributed by atoms with van der Waals surface area (Å²) in [6.45, 7) is 5.95. The molecule has 0 unspecified atom stereocenters. The van der Waals surface area contributed by atoms with Crippen molar-refractivity contribution in [3.05, 3.63) is 35.9 Å². The van der Waals surface area contributed by atoms with Crippen LogP contribution in [0.3, 0.4) is 0 Å². The van der Waals surface area contributed by atoms with Crippen molar-refractivity contribution in [3.63, 3.8) is 0 Å². The van der Waals surface area contributed by atoms with E-state index in [4.69, 9.17) is 5.73 Å². The fourth-order valence-electron chi connectivity index (χ4n) is 1.23. The zero-order valence-corrected chi connectivity index (χ0v) is 9.33. The Morgan fingerprint density at radius 2 is 1.79 bits per heavy atom. The van der Waals surface area contributed by atoms with E-state index in [1.807, 2.05) is 6.07 Å². The fourth-order valence-corrected chi connectivity index (χ4v) is 1.23. The lowest BCUT2D eigenvalue weighted by Crippen LogP contribution is -2.46. The number of benzene rings is 1. The van der Waals surface area contributed by atoms with Crippen LogP contribution in [0.15, 0.2) is 30.3 Å². The molecular formula is C12H20N2. The number of likely N-dealkylation sites (N-methyl/N-ethyl adjacent to an activating group) is 1. The molecule has 0 aliphatic carbocycles. The molecule has 0 aliphatic rings. The molecule has 1 aromatic carbocycles. The molecule has 14 heavy (non-hydrogen) atoms. The first kappa shape index (κ1) is 11.2. The monoisotopic (exact) mass is 192 g/mol. The van der Waals surface area contributed by atoms with Gasteiger partial charge in [0.25, 0.3) is 0 Å². The van der Waals surface area contributed by atoms with Crippen molar-refractivity contribution in [3.8, 4) is 0 Å². The summed E-state index contributed by atoms with van der Waals surface area (Å²) in [5, 5.41) is 0. The Labute approximate surface area is 86.7 Å². The minimum Gasteiger partial charge on any atom is -0.329 e. The van der Waals surface area contributed by atoms with Crippen LogP contribution in [-0.4, -0.2) is 24.0 Å². The second kappa shape index (κ2) is 4.58. The number of nitrogens with zero attached hydrogens (tertiary/aromatic N) is 1. The van der Waals surface area contributed by atoms with E-state index in [2.05, 4.69) is 50.1 Å². The maximum atomic E-state index is 5.72. The van der Waals surface area contributed by atoms with E-state index in [9.17, 15) is 0 Å². The van der Waals surface area contributed by atoms with Gasteiger partial charge < -0.3 is 5.73 Å². The largest absolute Gasteiger partial charge is 0.329 e. The maximum Gasteiger partial charge on any atom is 0.0275 e. The van der Waals surface area contributed by atoms with Crippen LogP contribution in [0.2, 0.25) is 0 Å². The maximum absolute atomic E-state index is 5.72. The number of rotatable bonds is 4. The van der Waals surface area contributed by atoms with Crippen molar-refractivity contribution in [2.24, 2.45) is 5.73 Å². The summed E-state index contributed by atoms with van der Waals surface area (Å²) >= 11 is 0. The van der Waals surface area contributed by atoms with Gasteiger partial charge in [-0.3, -0.25) is 4.90 Å². The summed E-state index contributed by atoms with van der Waals surface area (Å²) in [7, 11) is 2.11. The quantitative estimate of drug-likeness (QED) is 0.789. The third kappa shape index (κ3) is 2.82. The molecule has 2 N–H and O–H groups in total. The van der Waals surface area contributed by atoms with Crippen LogP contribution in [0.1, 0.15) is 19.4 Å². The first-order valence-corrected chi connectivity index (χ1v) is 5.01. The van der Waals surface area contributed by atoms with Crippen molar-refractivity contribution < 1.29 is 0 Å². The van der Waals surface area contributed by atoms with E-state index < -0.39 is 0 Å². The molecule has 0 spiro atoms. The van der Waals surface area contributed by atoms with Crippen molar-refractivity contribution in [2.45, 2.75) is 25.9 Å². The molecule has 0 radical (unpaired) electrons. The number of nitrogens with two attached hydrogens (primary N) is 1. The van der Waals surface area contributed by atoms with Gasteiger partial charge in [0, 0.05) is 18.6 Å². The van der Waals surface area contributed by atoms with E-state index in [0.717, 1.165) is 6.54 Å². The number of hydrogen-bond donors (Lipinski definition) is 1. The zero-order chi connectivity index (χ0) is 10.6. The molecule has 0 aliphatic heterocycles. The van der Waals surface area contributed by atoms with E-state index in [-0.39, 0.29) is 5.54 Å². The Kier molecular flexibility index (Phi) is 3.67. The van der Waals surface area contributed by atoms with Crippen LogP contribution in [0.4, 0.5) is 0 Å². The summed E-state index contributed by atoms with van der Waals surface area (Å²) < 4.78 is 0. The van der Waals surface area contributed by atoms with Gasteiger partial charge in [0.1, 0.15) is 0 Å². The molecule has 2 nitrogen and oxygen atoms in total. The van der Waals surface area contributed by atoms with E-state index in [0.29, 0.717) is 6.54 Å². The Morgan fingerprint density at radius 1 is 1.21 bits per heavy atom. The lowest BCUT2D eigenvalue weighted by atomic mass is 10.0. The smallest absolute Gasteiger partial charge is 0.0275 e. The standard InChI is InChI=1S/C12H20N2/c1-12(2,10-13)14(3)9-11-7-5-4-6-8-11/h4-8H,9-10,13H2,1-3H3. The molecule has 2 heteroatoms. The van der Waals surface area contributed by atoms with Gasteiger partial charge in [-0.25, -0.2) is 0 Å². The first-order chi connectivity index (χ1) is 6.56. The van der Waals surface area contributed by atoms with E-state index in [1.165, 1.54) is 5.56 Å². The Hall–Kier alpha value is -0.860. The zero-order valence-electron chi connectivity index (χ0n) is 9.33. The highest BCUT2D eigenvalue weighted by molar-refractivity contribution is 5.14. The second-order valence-electron chi connectivity index (χ2n) is 4.36. The van der Waals surface area contributed by atoms with Crippen molar-refractivity contribution in [1.82, 2.24) is 4.90 Å². The molecule has 1 aromatic rings. The number of hydrogen-bond acceptors (Lipinski definition) is 2. The van der Waals surface area contributed by atoms with E-state index >= 15 is 0 Å². The van der Waals surface area contributed by atoms with Crippen LogP contribution in [-0.2, 0) is 6.54 Å². The van der Waals surface area contributed by atoms with Gasteiger partial charge in [0.15, 0.2) is 0 Å². The summed E-state index contributed by atoms with van der Waals surface area (Å²) in [6.07, 6.45) is 0. The predicted molar refractivity (Wildman–Crippen MR) is 61.0 cm³/mol. The predicted octanol–water partition coefficient (Wildman–Crippen LogP) is 1.86.